The first-order chi connectivity index (χ1) is 6.56. The van der Waals surface area contributed by atoms with Crippen molar-refractivity contribution in [3.05, 3.63) is 27.7 Å². The maximum Gasteiger partial charge on any atom is 0.135 e. The fraction of sp³-hybridized carbons (Fsp3) is 0.400. The lowest BCUT2D eigenvalue weighted by Gasteiger charge is -2.11. The highest BCUT2D eigenvalue weighted by molar-refractivity contribution is 9.10. The molecule has 4 heteroatoms. The molecule has 0 aliphatic heterocycles. The standard InChI is InChI=1S/C10H14BrNO2/c1-6(2)7-3-8(5-14-12)10(13)9(11)4-7/h3-4,6,13H,5,12H2,1-2H3. The molecule has 1 aromatic carbocycles. The highest BCUT2D eigenvalue weighted by Gasteiger charge is 2.09. The first-order valence-corrected chi connectivity index (χ1v) is 5.18. The van der Waals surface area contributed by atoms with E-state index in [4.69, 9.17) is 5.90 Å². The topological polar surface area (TPSA) is 55.5 Å². The molecule has 0 fully saturated rings. The van der Waals surface area contributed by atoms with Gasteiger partial charge in [0, 0.05) is 5.56 Å². The third-order valence-corrected chi connectivity index (χ3v) is 2.67. The fourth-order valence-corrected chi connectivity index (χ4v) is 1.73. The number of rotatable bonds is 3. The molecule has 0 unspecified atom stereocenters. The SMILES string of the molecule is CC(C)c1cc(Br)c(O)c(CON)c1. The van der Waals surface area contributed by atoms with Gasteiger partial charge in [-0.05, 0) is 39.5 Å². The van der Waals surface area contributed by atoms with Crippen LogP contribution in [0.4, 0.5) is 0 Å². The van der Waals surface area contributed by atoms with Crippen molar-refractivity contribution in [3.63, 3.8) is 0 Å². The number of halogens is 1. The van der Waals surface area contributed by atoms with E-state index in [-0.39, 0.29) is 12.4 Å². The van der Waals surface area contributed by atoms with E-state index in [0.29, 0.717) is 16.0 Å². The molecule has 3 N–H and O–H groups in total. The predicted octanol–water partition coefficient (Wildman–Crippen LogP) is 2.67. The maximum absolute atomic E-state index is 9.65. The van der Waals surface area contributed by atoms with Crippen LogP contribution in [0.3, 0.4) is 0 Å². The predicted molar refractivity (Wildman–Crippen MR) is 58.9 cm³/mol. The van der Waals surface area contributed by atoms with Crippen LogP contribution in [0.2, 0.25) is 0 Å². The summed E-state index contributed by atoms with van der Waals surface area (Å²) in [5.41, 5.74) is 1.84. The molecule has 0 aliphatic rings. The maximum atomic E-state index is 9.65. The van der Waals surface area contributed by atoms with Crippen LogP contribution in [0.1, 0.15) is 30.9 Å². The molecule has 0 heterocycles. The Morgan fingerprint density at radius 3 is 2.64 bits per heavy atom. The molecule has 1 rings (SSSR count). The van der Waals surface area contributed by atoms with E-state index >= 15 is 0 Å². The zero-order valence-electron chi connectivity index (χ0n) is 8.25. The molecule has 0 amide bonds. The van der Waals surface area contributed by atoms with Crippen molar-refractivity contribution >= 4 is 15.9 Å². The van der Waals surface area contributed by atoms with Crippen molar-refractivity contribution in [1.82, 2.24) is 0 Å². The highest BCUT2D eigenvalue weighted by atomic mass is 79.9. The molecule has 0 aromatic heterocycles. The van der Waals surface area contributed by atoms with E-state index in [9.17, 15) is 5.11 Å². The number of hydrogen-bond acceptors (Lipinski definition) is 3. The Labute approximate surface area is 92.0 Å². The van der Waals surface area contributed by atoms with Gasteiger partial charge in [0.15, 0.2) is 0 Å². The molecule has 3 nitrogen and oxygen atoms in total. The third kappa shape index (κ3) is 2.47. The van der Waals surface area contributed by atoms with Gasteiger partial charge >= 0.3 is 0 Å². The van der Waals surface area contributed by atoms with Gasteiger partial charge in [-0.1, -0.05) is 13.8 Å². The average Bonchev–Trinajstić information content (AvgIpc) is 2.12. The third-order valence-electron chi connectivity index (χ3n) is 2.07. The van der Waals surface area contributed by atoms with Crippen molar-refractivity contribution < 1.29 is 9.94 Å². The van der Waals surface area contributed by atoms with Gasteiger partial charge in [-0.2, -0.15) is 0 Å². The Bertz CT molecular complexity index is 326. The van der Waals surface area contributed by atoms with E-state index in [1.165, 1.54) is 0 Å². The summed E-state index contributed by atoms with van der Waals surface area (Å²) in [5.74, 6) is 5.58. The van der Waals surface area contributed by atoms with Crippen LogP contribution in [0.25, 0.3) is 0 Å². The number of hydrogen-bond donors (Lipinski definition) is 2. The number of benzene rings is 1. The molecule has 0 atom stereocenters. The van der Waals surface area contributed by atoms with Crippen LogP contribution in [0.15, 0.2) is 16.6 Å². The quantitative estimate of drug-likeness (QED) is 0.821. The first kappa shape index (κ1) is 11.5. The Morgan fingerprint density at radius 1 is 1.50 bits per heavy atom. The summed E-state index contributed by atoms with van der Waals surface area (Å²) < 4.78 is 0.677. The van der Waals surface area contributed by atoms with Crippen LogP contribution in [0, 0.1) is 0 Å². The summed E-state index contributed by atoms with van der Waals surface area (Å²) in [6.45, 7) is 4.39. The molecule has 78 valence electrons. The summed E-state index contributed by atoms with van der Waals surface area (Å²) in [5, 5.41) is 9.65. The second-order valence-electron chi connectivity index (χ2n) is 3.48. The average molecular weight is 260 g/mol. The fourth-order valence-electron chi connectivity index (χ4n) is 1.21. The monoisotopic (exact) mass is 259 g/mol. The lowest BCUT2D eigenvalue weighted by molar-refractivity contribution is 0.122. The van der Waals surface area contributed by atoms with Crippen LogP contribution < -0.4 is 5.90 Å². The summed E-state index contributed by atoms with van der Waals surface area (Å²) >= 11 is 3.29. The molecule has 0 radical (unpaired) electrons. The van der Waals surface area contributed by atoms with Gasteiger partial charge in [0.1, 0.15) is 5.75 Å². The molecule has 0 saturated carbocycles. The largest absolute Gasteiger partial charge is 0.506 e. The summed E-state index contributed by atoms with van der Waals surface area (Å²) in [4.78, 5) is 4.52. The number of aromatic hydroxyl groups is 1. The van der Waals surface area contributed by atoms with Gasteiger partial charge in [-0.25, -0.2) is 5.90 Å². The summed E-state index contributed by atoms with van der Waals surface area (Å²) in [7, 11) is 0. The van der Waals surface area contributed by atoms with Crippen LogP contribution >= 0.6 is 15.9 Å². The molecule has 0 spiro atoms. The minimum atomic E-state index is 0.194. The smallest absolute Gasteiger partial charge is 0.135 e. The lowest BCUT2D eigenvalue weighted by atomic mass is 10.0. The van der Waals surface area contributed by atoms with Crippen LogP contribution in [0.5, 0.6) is 5.75 Å². The van der Waals surface area contributed by atoms with Gasteiger partial charge in [0.25, 0.3) is 0 Å². The van der Waals surface area contributed by atoms with Gasteiger partial charge in [-0.15, -0.1) is 0 Å². The van der Waals surface area contributed by atoms with E-state index < -0.39 is 0 Å². The van der Waals surface area contributed by atoms with Crippen molar-refractivity contribution in [2.75, 3.05) is 0 Å². The van der Waals surface area contributed by atoms with Crippen molar-refractivity contribution in [2.24, 2.45) is 5.90 Å². The second-order valence-corrected chi connectivity index (χ2v) is 4.33. The Kier molecular flexibility index (Phi) is 3.92. The van der Waals surface area contributed by atoms with E-state index in [1.807, 2.05) is 12.1 Å². The molecular weight excluding hydrogens is 246 g/mol. The summed E-state index contributed by atoms with van der Waals surface area (Å²) in [6, 6.07) is 3.80. The van der Waals surface area contributed by atoms with Crippen molar-refractivity contribution in [2.45, 2.75) is 26.4 Å². The molecule has 14 heavy (non-hydrogen) atoms. The van der Waals surface area contributed by atoms with E-state index in [0.717, 1.165) is 5.56 Å². The van der Waals surface area contributed by atoms with Gasteiger partial charge in [0.2, 0.25) is 0 Å². The van der Waals surface area contributed by atoms with Gasteiger partial charge in [0.05, 0.1) is 11.1 Å². The Morgan fingerprint density at radius 2 is 2.14 bits per heavy atom. The highest BCUT2D eigenvalue weighted by Crippen LogP contribution is 2.32. The van der Waals surface area contributed by atoms with Crippen molar-refractivity contribution in [1.29, 1.82) is 0 Å². The van der Waals surface area contributed by atoms with Crippen molar-refractivity contribution in [3.8, 4) is 5.75 Å². The molecule has 1 aromatic rings. The van der Waals surface area contributed by atoms with Crippen LogP contribution in [-0.4, -0.2) is 5.11 Å². The van der Waals surface area contributed by atoms with Gasteiger partial charge < -0.3 is 5.11 Å². The van der Waals surface area contributed by atoms with Crippen LogP contribution in [-0.2, 0) is 11.4 Å². The Hall–Kier alpha value is -0.580. The minimum absolute atomic E-state index is 0.194. The minimum Gasteiger partial charge on any atom is -0.506 e. The normalized spacial score (nSPS) is 10.9. The second kappa shape index (κ2) is 4.77. The Balaban J connectivity index is 3.14. The van der Waals surface area contributed by atoms with E-state index in [1.54, 1.807) is 0 Å². The zero-order chi connectivity index (χ0) is 10.7. The number of phenols is 1. The molecular formula is C10H14BrNO2. The molecule has 0 aliphatic carbocycles. The molecule has 0 bridgehead atoms. The first-order valence-electron chi connectivity index (χ1n) is 4.39. The zero-order valence-corrected chi connectivity index (χ0v) is 9.84. The number of phenolic OH excluding ortho intramolecular Hbond substituents is 1. The number of nitrogens with two attached hydrogens (primary N) is 1. The van der Waals surface area contributed by atoms with Gasteiger partial charge in [-0.3, -0.25) is 4.84 Å². The lowest BCUT2D eigenvalue weighted by Crippen LogP contribution is -2.01. The van der Waals surface area contributed by atoms with E-state index in [2.05, 4.69) is 34.6 Å². The molecule has 0 saturated heterocycles. The summed E-state index contributed by atoms with van der Waals surface area (Å²) in [6.07, 6.45) is 0.